The van der Waals surface area contributed by atoms with Gasteiger partial charge in [0.2, 0.25) is 5.91 Å². The van der Waals surface area contributed by atoms with Crippen LogP contribution in [0.15, 0.2) is 78.9 Å². The van der Waals surface area contributed by atoms with Gasteiger partial charge in [-0.15, -0.1) is 0 Å². The lowest BCUT2D eigenvalue weighted by Crippen LogP contribution is -2.47. The van der Waals surface area contributed by atoms with E-state index in [1.165, 1.54) is 81.0 Å². The van der Waals surface area contributed by atoms with Gasteiger partial charge in [0.05, 0.1) is 29.8 Å². The number of aromatic hydroxyl groups is 4. The Hall–Kier alpha value is -6.46. The maximum absolute atomic E-state index is 12.4. The molecule has 0 saturated carbocycles. The van der Waals surface area contributed by atoms with Crippen LogP contribution in [0, 0.1) is 23.7 Å². The Morgan fingerprint density at radius 1 is 0.658 bits per heavy atom. The van der Waals surface area contributed by atoms with Crippen LogP contribution in [-0.2, 0) is 51.1 Å². The SMILES string of the molecule is CC/C=C/CC.CCC(C)OC.CCC(C)c1ccccc1.CCCC.CCCC(C(=O)NC(Cc1ccc(O)c(O)c1)C(=O)O)C(C)C(=O)O.CCCC1C(=O)OC(=O)C1C.NC(Cc1ccc(O)c(O)c1)C(=O)O. The highest BCUT2D eigenvalue weighted by Gasteiger charge is 2.40. The van der Waals surface area contributed by atoms with Gasteiger partial charge in [0, 0.05) is 13.5 Å². The van der Waals surface area contributed by atoms with Crippen LogP contribution in [0.2, 0.25) is 0 Å². The minimum absolute atomic E-state index is 0.114. The van der Waals surface area contributed by atoms with Crippen molar-refractivity contribution in [2.75, 3.05) is 7.11 Å². The zero-order chi connectivity index (χ0) is 58.9. The number of nitrogens with two attached hydrogens (primary N) is 1. The number of cyclic esters (lactones) is 2. The number of hydrogen-bond donors (Lipinski definition) is 9. The summed E-state index contributed by atoms with van der Waals surface area (Å²) in [4.78, 5) is 67.2. The van der Waals surface area contributed by atoms with Crippen LogP contribution in [0.1, 0.15) is 170 Å². The predicted octanol–water partition coefficient (Wildman–Crippen LogP) is 11.3. The summed E-state index contributed by atoms with van der Waals surface area (Å²) in [5.41, 5.74) is 7.71. The summed E-state index contributed by atoms with van der Waals surface area (Å²) in [7, 11) is 1.73. The fourth-order valence-electron chi connectivity index (χ4n) is 6.37. The molecule has 10 N–H and O–H groups in total. The van der Waals surface area contributed by atoms with Crippen LogP contribution in [0.25, 0.3) is 0 Å². The first-order valence-electron chi connectivity index (χ1n) is 26.6. The van der Waals surface area contributed by atoms with E-state index in [1.807, 2.05) is 13.8 Å². The van der Waals surface area contributed by atoms with Crippen molar-refractivity contribution in [2.24, 2.45) is 29.4 Å². The molecule has 1 amide bonds. The molecule has 76 heavy (non-hydrogen) atoms. The third-order valence-electron chi connectivity index (χ3n) is 12.0. The van der Waals surface area contributed by atoms with Crippen molar-refractivity contribution in [1.82, 2.24) is 5.32 Å². The molecular formula is C59H94N2O15. The second-order valence-corrected chi connectivity index (χ2v) is 18.3. The van der Waals surface area contributed by atoms with Gasteiger partial charge in [0.25, 0.3) is 0 Å². The number of phenols is 4. The summed E-state index contributed by atoms with van der Waals surface area (Å²) in [5.74, 6) is -7.57. The van der Waals surface area contributed by atoms with Crippen molar-refractivity contribution in [1.29, 1.82) is 0 Å². The number of phenolic OH excluding ortho intramolecular Hbond substituents is 4. The number of carboxylic acids is 3. The lowest BCUT2D eigenvalue weighted by molar-refractivity contribution is -0.154. The van der Waals surface area contributed by atoms with E-state index in [0.717, 1.165) is 19.3 Å². The first-order chi connectivity index (χ1) is 35.8. The van der Waals surface area contributed by atoms with E-state index >= 15 is 0 Å². The van der Waals surface area contributed by atoms with E-state index in [-0.39, 0.29) is 53.9 Å². The number of allylic oxidation sites excluding steroid dienone is 2. The number of aliphatic carboxylic acids is 3. The Balaban J connectivity index is -0.000000892. The highest BCUT2D eigenvalue weighted by Crippen LogP contribution is 2.28. The number of hydrogen-bond acceptors (Lipinski definition) is 13. The lowest BCUT2D eigenvalue weighted by Gasteiger charge is -2.22. The molecule has 17 nitrogen and oxygen atoms in total. The number of benzene rings is 3. The zero-order valence-electron chi connectivity index (χ0n) is 47.6. The van der Waals surface area contributed by atoms with E-state index < -0.39 is 53.5 Å². The Kier molecular flexibility index (Phi) is 42.5. The summed E-state index contributed by atoms with van der Waals surface area (Å²) in [5, 5.41) is 66.2. The number of methoxy groups -OCH3 is 1. The largest absolute Gasteiger partial charge is 0.504 e. The van der Waals surface area contributed by atoms with Crippen molar-refractivity contribution in [2.45, 2.75) is 184 Å². The maximum Gasteiger partial charge on any atom is 0.326 e. The molecule has 1 heterocycles. The van der Waals surface area contributed by atoms with Gasteiger partial charge in [-0.3, -0.25) is 24.0 Å². The number of carbonyl (C=O) groups is 6. The van der Waals surface area contributed by atoms with Crippen molar-refractivity contribution in [3.05, 3.63) is 95.6 Å². The minimum Gasteiger partial charge on any atom is -0.504 e. The maximum atomic E-state index is 12.4. The van der Waals surface area contributed by atoms with E-state index in [2.05, 4.69) is 108 Å². The smallest absolute Gasteiger partial charge is 0.326 e. The van der Waals surface area contributed by atoms with Crippen molar-refractivity contribution < 1.29 is 74.0 Å². The van der Waals surface area contributed by atoms with Crippen LogP contribution in [0.3, 0.4) is 0 Å². The summed E-state index contributed by atoms with van der Waals surface area (Å²) >= 11 is 0. The normalized spacial score (nSPS) is 15.5. The predicted molar refractivity (Wildman–Crippen MR) is 298 cm³/mol. The molecule has 8 atom stereocenters. The second kappa shape index (κ2) is 43.7. The average molecular weight is 1070 g/mol. The third kappa shape index (κ3) is 32.8. The molecule has 4 rings (SSSR count). The number of ether oxygens (including phenoxy) is 2. The standard InChI is InChI=1S/C17H23NO7.C10H14.C9H11NO4.C8H12O3.C6H12.C5H12O.C4H10/c1-3-4-11(9(2)16(22)23)15(21)18-12(17(24)25)7-10-5-6-13(19)14(20)8-10;1-3-9(2)10-7-5-4-6-8-10;10-6(9(13)14)3-5-1-2-7(11)8(12)4-5;1-3-4-6-5(2)7(9)11-8(6)10;1-3-5-6-4-2;1-4-5(2)6-3;1-3-4-2/h5-6,8-9,11-12,19-20H,3-4,7H2,1-2H3,(H,18,21)(H,22,23)(H,24,25);4-9H,3H2,1-2H3;1-2,4,6,11-12H,3,10H2,(H,13,14);5-6H,3-4H2,1-2H3;5-6H,3-4H2,1-2H3;5H,4H2,1-3H3;3-4H2,1-2H3/b;;;;6-5+;;. The molecule has 0 spiro atoms. The molecule has 430 valence electrons. The van der Waals surface area contributed by atoms with E-state index in [4.69, 9.17) is 30.9 Å². The third-order valence-corrected chi connectivity index (χ3v) is 12.0. The highest BCUT2D eigenvalue weighted by atomic mass is 16.6. The Morgan fingerprint density at radius 3 is 1.49 bits per heavy atom. The van der Waals surface area contributed by atoms with Gasteiger partial charge < -0.3 is 56.3 Å². The van der Waals surface area contributed by atoms with Crippen LogP contribution >= 0.6 is 0 Å². The molecule has 8 unspecified atom stereocenters. The van der Waals surface area contributed by atoms with Crippen LogP contribution in [-0.4, -0.2) is 96.8 Å². The Bertz CT molecular complexity index is 2100. The van der Waals surface area contributed by atoms with Gasteiger partial charge in [-0.05, 0) is 98.7 Å². The summed E-state index contributed by atoms with van der Waals surface area (Å²) < 4.78 is 9.36. The molecule has 3 aromatic rings. The molecule has 1 saturated heterocycles. The number of rotatable bonds is 21. The quantitative estimate of drug-likeness (QED) is 0.0207. The van der Waals surface area contributed by atoms with Crippen molar-refractivity contribution in [3.8, 4) is 23.0 Å². The number of amides is 1. The summed E-state index contributed by atoms with van der Waals surface area (Å²) in [6.45, 7) is 24.2. The molecule has 1 fully saturated rings. The van der Waals surface area contributed by atoms with Crippen LogP contribution < -0.4 is 11.1 Å². The highest BCUT2D eigenvalue weighted by molar-refractivity contribution is 5.96. The summed E-state index contributed by atoms with van der Waals surface area (Å²) in [6, 6.07) is 16.3. The molecule has 1 aliphatic heterocycles. The number of esters is 2. The Labute approximate surface area is 452 Å². The Morgan fingerprint density at radius 2 is 1.16 bits per heavy atom. The van der Waals surface area contributed by atoms with Gasteiger partial charge in [-0.25, -0.2) is 4.79 Å². The number of carbonyl (C=O) groups excluding carboxylic acids is 3. The lowest BCUT2D eigenvalue weighted by atomic mass is 9.88. The first-order valence-corrected chi connectivity index (χ1v) is 26.6. The van der Waals surface area contributed by atoms with E-state index in [1.54, 1.807) is 14.0 Å². The van der Waals surface area contributed by atoms with Gasteiger partial charge >= 0.3 is 29.8 Å². The van der Waals surface area contributed by atoms with Crippen molar-refractivity contribution >= 4 is 35.8 Å². The summed E-state index contributed by atoms with van der Waals surface area (Å²) in [6.07, 6.45) is 14.7. The molecule has 0 radical (unpaired) electrons. The molecule has 1 aliphatic rings. The van der Waals surface area contributed by atoms with Gasteiger partial charge in [-0.1, -0.05) is 156 Å². The van der Waals surface area contributed by atoms with Crippen molar-refractivity contribution in [3.63, 3.8) is 0 Å². The molecule has 0 aromatic heterocycles. The van der Waals surface area contributed by atoms with Crippen LogP contribution in [0.4, 0.5) is 0 Å². The van der Waals surface area contributed by atoms with E-state index in [0.29, 0.717) is 36.0 Å². The fourth-order valence-corrected chi connectivity index (χ4v) is 6.37. The zero-order valence-corrected chi connectivity index (χ0v) is 47.6. The molecule has 0 bridgehead atoms. The molecule has 0 aliphatic carbocycles. The fraction of sp³-hybridized carbons (Fsp3) is 0.559. The molecular weight excluding hydrogens is 977 g/mol. The first kappa shape index (κ1) is 73.8. The van der Waals surface area contributed by atoms with E-state index in [9.17, 15) is 44.1 Å². The van der Waals surface area contributed by atoms with Gasteiger partial charge in [0.15, 0.2) is 23.0 Å². The topological polar surface area (TPSA) is 301 Å². The minimum atomic E-state index is -1.28. The second-order valence-electron chi connectivity index (χ2n) is 18.3. The van der Waals surface area contributed by atoms with Crippen LogP contribution in [0.5, 0.6) is 23.0 Å². The van der Waals surface area contributed by atoms with Gasteiger partial charge in [-0.2, -0.15) is 0 Å². The van der Waals surface area contributed by atoms with Gasteiger partial charge in [0.1, 0.15) is 12.1 Å². The number of carboxylic acid groups (broad SMARTS) is 3. The monoisotopic (exact) mass is 1070 g/mol. The molecule has 17 heteroatoms. The number of nitrogens with one attached hydrogen (secondary N) is 1. The average Bonchev–Trinajstić information content (AvgIpc) is 3.64. The molecule has 3 aromatic carbocycles. The number of unbranched alkanes of at least 4 members (excludes halogenated alkanes) is 1.